The predicted molar refractivity (Wildman–Crippen MR) is 50.9 cm³/mol. The van der Waals surface area contributed by atoms with Crippen molar-refractivity contribution in [3.8, 4) is 6.07 Å². The summed E-state index contributed by atoms with van der Waals surface area (Å²) in [5.74, 6) is -0.188. The van der Waals surface area contributed by atoms with Crippen molar-refractivity contribution in [2.45, 2.75) is 18.7 Å². The van der Waals surface area contributed by atoms with Gasteiger partial charge in [-0.05, 0) is 0 Å². The summed E-state index contributed by atoms with van der Waals surface area (Å²) in [6.45, 7) is 0. The van der Waals surface area contributed by atoms with Crippen LogP contribution < -0.4 is 5.43 Å². The number of rotatable bonds is 3. The van der Waals surface area contributed by atoms with Crippen LogP contribution in [-0.2, 0) is 12.3 Å². The maximum Gasteiger partial charge on any atom is 0.269 e. The lowest BCUT2D eigenvalue weighted by Crippen LogP contribution is -2.17. The summed E-state index contributed by atoms with van der Waals surface area (Å²) in [4.78, 5) is 13.9. The van der Waals surface area contributed by atoms with E-state index in [9.17, 15) is 13.6 Å². The average molecular weight is 233 g/mol. The Morgan fingerprint density at radius 3 is 2.73 bits per heavy atom. The largest absolute Gasteiger partial charge is 0.363 e. The lowest BCUT2D eigenvalue weighted by molar-refractivity contribution is 0.149. The number of aromatic amines is 1. The second-order valence-electron chi connectivity index (χ2n) is 2.80. The highest BCUT2D eigenvalue weighted by Crippen LogP contribution is 2.16. The molecule has 80 valence electrons. The van der Waals surface area contributed by atoms with E-state index in [0.29, 0.717) is 5.69 Å². The molecule has 0 radical (unpaired) electrons. The fourth-order valence-electron chi connectivity index (χ4n) is 1.17. The van der Waals surface area contributed by atoms with Crippen LogP contribution >= 0.6 is 11.6 Å². The van der Waals surface area contributed by atoms with Crippen LogP contribution in [0, 0.1) is 11.3 Å². The smallest absolute Gasteiger partial charge is 0.269 e. The first-order valence-corrected chi connectivity index (χ1v) is 4.59. The molecule has 1 N–H and O–H groups in total. The Labute approximate surface area is 89.3 Å². The highest BCUT2D eigenvalue weighted by Gasteiger charge is 2.16. The van der Waals surface area contributed by atoms with E-state index < -0.39 is 17.4 Å². The minimum Gasteiger partial charge on any atom is -0.363 e. The lowest BCUT2D eigenvalue weighted by Gasteiger charge is -2.05. The molecule has 0 amide bonds. The van der Waals surface area contributed by atoms with Crippen LogP contribution in [0.3, 0.4) is 0 Å². The third-order valence-electron chi connectivity index (χ3n) is 1.93. The zero-order valence-electron chi connectivity index (χ0n) is 7.56. The second kappa shape index (κ2) is 4.89. The van der Waals surface area contributed by atoms with Gasteiger partial charge in [0.05, 0.1) is 23.9 Å². The van der Waals surface area contributed by atoms with Gasteiger partial charge >= 0.3 is 0 Å². The predicted octanol–water partition coefficient (Wildman–Crippen LogP) is 2.12. The number of aromatic nitrogens is 1. The number of nitrogens with zero attached hydrogens (tertiary/aromatic N) is 1. The molecule has 0 bridgehead atoms. The van der Waals surface area contributed by atoms with Crippen molar-refractivity contribution in [2.24, 2.45) is 0 Å². The van der Waals surface area contributed by atoms with Crippen LogP contribution in [0.4, 0.5) is 8.78 Å². The molecule has 1 aromatic rings. The van der Waals surface area contributed by atoms with Crippen LogP contribution in [0.15, 0.2) is 11.0 Å². The normalized spacial score (nSPS) is 10.3. The first kappa shape index (κ1) is 11.7. The quantitative estimate of drug-likeness (QED) is 0.812. The molecule has 0 aromatic carbocycles. The fourth-order valence-corrected chi connectivity index (χ4v) is 1.45. The molecule has 1 heterocycles. The Morgan fingerprint density at radius 2 is 2.27 bits per heavy atom. The van der Waals surface area contributed by atoms with Crippen molar-refractivity contribution >= 4 is 11.6 Å². The highest BCUT2D eigenvalue weighted by atomic mass is 35.5. The van der Waals surface area contributed by atoms with Crippen LogP contribution in [0.1, 0.15) is 23.2 Å². The molecule has 6 heteroatoms. The minimum atomic E-state index is -2.84. The van der Waals surface area contributed by atoms with E-state index >= 15 is 0 Å². The van der Waals surface area contributed by atoms with Gasteiger partial charge in [0.1, 0.15) is 0 Å². The summed E-state index contributed by atoms with van der Waals surface area (Å²) in [6, 6.07) is 1.82. The Bertz CT molecular complexity index is 450. The maximum atomic E-state index is 12.3. The number of H-pyrrole nitrogens is 1. The van der Waals surface area contributed by atoms with Gasteiger partial charge in [0.25, 0.3) is 6.43 Å². The van der Waals surface area contributed by atoms with Crippen molar-refractivity contribution < 1.29 is 8.78 Å². The average Bonchev–Trinajstić information content (AvgIpc) is 2.18. The number of halogens is 3. The van der Waals surface area contributed by atoms with E-state index in [1.54, 1.807) is 0 Å². The van der Waals surface area contributed by atoms with E-state index in [2.05, 4.69) is 4.98 Å². The third-order valence-corrected chi connectivity index (χ3v) is 2.19. The van der Waals surface area contributed by atoms with Crippen molar-refractivity contribution in [3.63, 3.8) is 0 Å². The molecule has 0 saturated carbocycles. The summed E-state index contributed by atoms with van der Waals surface area (Å²) in [5, 5.41) is 8.45. The van der Waals surface area contributed by atoms with Crippen LogP contribution in [-0.4, -0.2) is 4.98 Å². The molecule has 0 unspecified atom stereocenters. The molecule has 0 atom stereocenters. The molecule has 15 heavy (non-hydrogen) atoms. The Morgan fingerprint density at radius 1 is 1.60 bits per heavy atom. The Hall–Kier alpha value is -1.41. The van der Waals surface area contributed by atoms with Crippen molar-refractivity contribution in [3.05, 3.63) is 33.2 Å². The van der Waals surface area contributed by atoms with Gasteiger partial charge in [-0.25, -0.2) is 8.78 Å². The molecule has 3 nitrogen and oxygen atoms in total. The van der Waals surface area contributed by atoms with Gasteiger partial charge in [-0.3, -0.25) is 4.79 Å². The summed E-state index contributed by atoms with van der Waals surface area (Å²) in [6.07, 6.45) is -1.97. The monoisotopic (exact) mass is 232 g/mol. The summed E-state index contributed by atoms with van der Waals surface area (Å²) >= 11 is 5.48. The lowest BCUT2D eigenvalue weighted by atomic mass is 10.1. The molecular weight excluding hydrogens is 226 g/mol. The molecule has 1 aromatic heterocycles. The van der Waals surface area contributed by atoms with Gasteiger partial charge in [0.2, 0.25) is 0 Å². The fraction of sp³-hybridized carbons (Fsp3) is 0.333. The van der Waals surface area contributed by atoms with Crippen LogP contribution in [0.5, 0.6) is 0 Å². The van der Waals surface area contributed by atoms with E-state index in [1.807, 2.05) is 6.07 Å². The second-order valence-corrected chi connectivity index (χ2v) is 3.07. The van der Waals surface area contributed by atoms with E-state index in [4.69, 9.17) is 16.9 Å². The zero-order chi connectivity index (χ0) is 11.4. The molecule has 0 aliphatic carbocycles. The van der Waals surface area contributed by atoms with Crippen molar-refractivity contribution in [1.82, 2.24) is 4.98 Å². The SMILES string of the molecule is N#CCc1[nH]cc(C(F)F)c(=O)c1CCl. The van der Waals surface area contributed by atoms with E-state index in [-0.39, 0.29) is 17.9 Å². The van der Waals surface area contributed by atoms with Gasteiger partial charge in [0, 0.05) is 17.5 Å². The summed E-state index contributed by atoms with van der Waals surface area (Å²) < 4.78 is 24.7. The molecule has 0 aliphatic heterocycles. The molecule has 0 saturated heterocycles. The van der Waals surface area contributed by atoms with E-state index in [0.717, 1.165) is 6.20 Å². The van der Waals surface area contributed by atoms with Gasteiger partial charge < -0.3 is 4.98 Å². The molecule has 1 rings (SSSR count). The molecule has 0 spiro atoms. The zero-order valence-corrected chi connectivity index (χ0v) is 8.31. The Kier molecular flexibility index (Phi) is 3.81. The highest BCUT2D eigenvalue weighted by molar-refractivity contribution is 6.17. The van der Waals surface area contributed by atoms with E-state index in [1.165, 1.54) is 0 Å². The van der Waals surface area contributed by atoms with Crippen molar-refractivity contribution in [2.75, 3.05) is 0 Å². The van der Waals surface area contributed by atoms with Gasteiger partial charge in [0.15, 0.2) is 5.43 Å². The number of hydrogen-bond donors (Lipinski definition) is 1. The first-order chi connectivity index (χ1) is 7.11. The number of nitrogens with one attached hydrogen (secondary N) is 1. The summed E-state index contributed by atoms with van der Waals surface area (Å²) in [5.41, 5.74) is -1.07. The van der Waals surface area contributed by atoms with Gasteiger partial charge in [-0.2, -0.15) is 5.26 Å². The summed E-state index contributed by atoms with van der Waals surface area (Å²) in [7, 11) is 0. The number of hydrogen-bond acceptors (Lipinski definition) is 2. The van der Waals surface area contributed by atoms with Gasteiger partial charge in [-0.15, -0.1) is 11.6 Å². The molecule has 0 fully saturated rings. The van der Waals surface area contributed by atoms with Gasteiger partial charge in [-0.1, -0.05) is 0 Å². The molecular formula is C9H7ClF2N2O. The Balaban J connectivity index is 3.34. The number of alkyl halides is 3. The minimum absolute atomic E-state index is 0.0380. The first-order valence-electron chi connectivity index (χ1n) is 4.06. The maximum absolute atomic E-state index is 12.3. The van der Waals surface area contributed by atoms with Crippen molar-refractivity contribution in [1.29, 1.82) is 5.26 Å². The molecule has 0 aliphatic rings. The number of pyridine rings is 1. The number of nitriles is 1. The van der Waals surface area contributed by atoms with Crippen LogP contribution in [0.2, 0.25) is 0 Å². The van der Waals surface area contributed by atoms with Crippen LogP contribution in [0.25, 0.3) is 0 Å². The standard InChI is InChI=1S/C9H7ClF2N2O/c10-3-5-7(1-2-13)14-4-6(8(5)15)9(11)12/h4,9H,1,3H2,(H,14,15). The topological polar surface area (TPSA) is 56.6 Å². The third kappa shape index (κ3) is 2.34.